The summed E-state index contributed by atoms with van der Waals surface area (Å²) in [5.74, 6) is -1.20. The predicted octanol–water partition coefficient (Wildman–Crippen LogP) is 3.04. The number of carboxylic acids is 1. The summed E-state index contributed by atoms with van der Waals surface area (Å²) in [7, 11) is 0. The number of aliphatic hydroxyl groups is 1. The first-order valence-electron chi connectivity index (χ1n) is 6.93. The fraction of sp³-hybridized carbons (Fsp3) is 0.588. The van der Waals surface area contributed by atoms with E-state index in [1.165, 1.54) is 0 Å². The molecule has 0 radical (unpaired) electrons. The molecular formula is C17H27NaO3. The van der Waals surface area contributed by atoms with Gasteiger partial charge >= 0.3 is 35.5 Å². The van der Waals surface area contributed by atoms with Crippen molar-refractivity contribution in [3.05, 3.63) is 35.4 Å². The van der Waals surface area contributed by atoms with E-state index in [-0.39, 0.29) is 46.8 Å². The second-order valence-electron chi connectivity index (χ2n) is 7.73. The summed E-state index contributed by atoms with van der Waals surface area (Å²) in [6, 6.07) is 7.27. The van der Waals surface area contributed by atoms with Crippen molar-refractivity contribution in [2.24, 2.45) is 5.41 Å². The molecule has 0 heterocycles. The first kappa shape index (κ1) is 20.6. The van der Waals surface area contributed by atoms with Gasteiger partial charge in [0.15, 0.2) is 5.60 Å². The quantitative estimate of drug-likeness (QED) is 0.844. The van der Waals surface area contributed by atoms with Crippen molar-refractivity contribution in [2.75, 3.05) is 0 Å². The molecule has 3 nitrogen and oxygen atoms in total. The zero-order chi connectivity index (χ0) is 15.8. The molecule has 0 aliphatic heterocycles. The molecule has 0 aliphatic carbocycles. The Morgan fingerprint density at radius 1 is 1.05 bits per heavy atom. The number of carboxylic acid groups (broad SMARTS) is 1. The Bertz CT molecular complexity index is 497. The fourth-order valence-corrected chi connectivity index (χ4v) is 2.31. The van der Waals surface area contributed by atoms with Gasteiger partial charge in [0.2, 0.25) is 0 Å². The number of hydrogen-bond acceptors (Lipinski definition) is 2. The van der Waals surface area contributed by atoms with Gasteiger partial charge in [-0.05, 0) is 28.4 Å². The molecule has 0 fully saturated rings. The molecule has 0 amide bonds. The van der Waals surface area contributed by atoms with Gasteiger partial charge in [0.1, 0.15) is 0 Å². The SMILES string of the molecule is CC(C)(C)CC(O)(C(=O)O)c1cccc(C(C)(C)C)c1.[NaH]. The minimum atomic E-state index is -1.85. The molecule has 1 atom stereocenters. The molecule has 21 heavy (non-hydrogen) atoms. The number of benzene rings is 1. The molecule has 0 spiro atoms. The van der Waals surface area contributed by atoms with E-state index in [1.807, 2.05) is 32.9 Å². The van der Waals surface area contributed by atoms with Crippen LogP contribution in [0.4, 0.5) is 0 Å². The zero-order valence-corrected chi connectivity index (χ0v) is 13.3. The van der Waals surface area contributed by atoms with Crippen molar-refractivity contribution < 1.29 is 15.0 Å². The second kappa shape index (κ2) is 6.82. The number of rotatable bonds is 3. The molecular weight excluding hydrogens is 275 g/mol. The molecule has 0 aromatic heterocycles. The molecule has 0 saturated carbocycles. The second-order valence-corrected chi connectivity index (χ2v) is 7.73. The summed E-state index contributed by atoms with van der Waals surface area (Å²) >= 11 is 0. The number of hydrogen-bond donors (Lipinski definition) is 2. The van der Waals surface area contributed by atoms with Crippen molar-refractivity contribution in [3.8, 4) is 0 Å². The third kappa shape index (κ3) is 5.41. The van der Waals surface area contributed by atoms with E-state index in [0.717, 1.165) is 5.56 Å². The van der Waals surface area contributed by atoms with Crippen molar-refractivity contribution in [3.63, 3.8) is 0 Å². The van der Waals surface area contributed by atoms with Gasteiger partial charge in [0.25, 0.3) is 0 Å². The number of carbonyl (C=O) groups is 1. The van der Waals surface area contributed by atoms with E-state index < -0.39 is 11.6 Å². The van der Waals surface area contributed by atoms with Gasteiger partial charge in [0, 0.05) is 0 Å². The van der Waals surface area contributed by atoms with Crippen LogP contribution in [-0.2, 0) is 15.8 Å². The molecule has 0 saturated heterocycles. The van der Waals surface area contributed by atoms with Gasteiger partial charge in [-0.1, -0.05) is 65.8 Å². The van der Waals surface area contributed by atoms with Crippen molar-refractivity contribution in [2.45, 2.75) is 59.0 Å². The van der Waals surface area contributed by atoms with Gasteiger partial charge in [-0.15, -0.1) is 0 Å². The van der Waals surface area contributed by atoms with Crippen LogP contribution in [0.1, 0.15) is 59.1 Å². The molecule has 1 rings (SSSR count). The van der Waals surface area contributed by atoms with Crippen LogP contribution in [-0.4, -0.2) is 45.7 Å². The predicted molar refractivity (Wildman–Crippen MR) is 87.9 cm³/mol. The first-order chi connectivity index (χ1) is 8.86. The van der Waals surface area contributed by atoms with E-state index in [9.17, 15) is 15.0 Å². The normalized spacial score (nSPS) is 15.0. The van der Waals surface area contributed by atoms with Crippen molar-refractivity contribution >= 4 is 35.5 Å². The van der Waals surface area contributed by atoms with Gasteiger partial charge < -0.3 is 10.2 Å². The summed E-state index contributed by atoms with van der Waals surface area (Å²) < 4.78 is 0. The third-order valence-electron chi connectivity index (χ3n) is 3.35. The van der Waals surface area contributed by atoms with Crippen molar-refractivity contribution in [1.29, 1.82) is 0 Å². The molecule has 0 aliphatic rings. The molecule has 114 valence electrons. The average Bonchev–Trinajstić information content (AvgIpc) is 2.25. The zero-order valence-electron chi connectivity index (χ0n) is 13.3. The Kier molecular flexibility index (Phi) is 6.71. The molecule has 1 aromatic rings. The summed E-state index contributed by atoms with van der Waals surface area (Å²) in [6.45, 7) is 12.0. The van der Waals surface area contributed by atoms with Gasteiger partial charge in [-0.3, -0.25) is 0 Å². The molecule has 2 N–H and O–H groups in total. The van der Waals surface area contributed by atoms with Gasteiger partial charge in [-0.2, -0.15) is 0 Å². The van der Waals surface area contributed by atoms with E-state index in [2.05, 4.69) is 20.8 Å². The van der Waals surface area contributed by atoms with Crippen LogP contribution in [0.15, 0.2) is 24.3 Å². The summed E-state index contributed by atoms with van der Waals surface area (Å²) in [5, 5.41) is 20.2. The Balaban J connectivity index is 0.00000400. The van der Waals surface area contributed by atoms with Crippen LogP contribution in [0.5, 0.6) is 0 Å². The molecule has 1 aromatic carbocycles. The van der Waals surface area contributed by atoms with Crippen LogP contribution in [0.3, 0.4) is 0 Å². The summed E-state index contributed by atoms with van der Waals surface area (Å²) in [5.41, 5.74) is -0.752. The molecule has 0 bridgehead atoms. The fourth-order valence-electron chi connectivity index (χ4n) is 2.31. The maximum atomic E-state index is 11.6. The van der Waals surface area contributed by atoms with Crippen LogP contribution < -0.4 is 0 Å². The van der Waals surface area contributed by atoms with E-state index in [4.69, 9.17) is 0 Å². The minimum absolute atomic E-state index is 0. The monoisotopic (exact) mass is 302 g/mol. The average molecular weight is 302 g/mol. The van der Waals surface area contributed by atoms with Crippen molar-refractivity contribution in [1.82, 2.24) is 0 Å². The van der Waals surface area contributed by atoms with Crippen LogP contribution in [0, 0.1) is 5.41 Å². The van der Waals surface area contributed by atoms with E-state index in [0.29, 0.717) is 5.56 Å². The van der Waals surface area contributed by atoms with E-state index in [1.54, 1.807) is 12.1 Å². The molecule has 4 heteroatoms. The Hall–Kier alpha value is -0.350. The van der Waals surface area contributed by atoms with Crippen LogP contribution in [0.25, 0.3) is 0 Å². The Labute approximate surface area is 150 Å². The summed E-state index contributed by atoms with van der Waals surface area (Å²) in [4.78, 5) is 11.6. The van der Waals surface area contributed by atoms with E-state index >= 15 is 0 Å². The Morgan fingerprint density at radius 2 is 1.52 bits per heavy atom. The Morgan fingerprint density at radius 3 is 1.90 bits per heavy atom. The summed E-state index contributed by atoms with van der Waals surface area (Å²) in [6.07, 6.45) is 0.170. The maximum absolute atomic E-state index is 11.6. The standard InChI is InChI=1S/C17H26O3.Na.H/c1-15(2,3)11-17(20,14(18)19)13-9-7-8-12(10-13)16(4,5)6;;/h7-10,20H,11H2,1-6H3,(H,18,19);;. The molecule has 1 unspecified atom stereocenters. The first-order valence-corrected chi connectivity index (χ1v) is 6.93. The van der Waals surface area contributed by atoms with Gasteiger partial charge in [0.05, 0.1) is 0 Å². The number of aliphatic carboxylic acids is 1. The van der Waals surface area contributed by atoms with Gasteiger partial charge in [-0.25, -0.2) is 4.79 Å². The van der Waals surface area contributed by atoms with Crippen LogP contribution >= 0.6 is 0 Å². The van der Waals surface area contributed by atoms with Crippen LogP contribution in [0.2, 0.25) is 0 Å². The third-order valence-corrected chi connectivity index (χ3v) is 3.35. The topological polar surface area (TPSA) is 57.5 Å².